The number of hydrogen-bond acceptors (Lipinski definition) is 8. The third kappa shape index (κ3) is 63.5. The average Bonchev–Trinajstić information content (AvgIpc) is 3.41. The summed E-state index contributed by atoms with van der Waals surface area (Å²) in [6.45, 7) is 4.12. The van der Waals surface area contributed by atoms with Crippen LogP contribution in [-0.2, 0) is 32.7 Å². The summed E-state index contributed by atoms with van der Waals surface area (Å²) < 4.78 is 34.2. The predicted molar refractivity (Wildman–Crippen MR) is 337 cm³/mol. The van der Waals surface area contributed by atoms with E-state index in [9.17, 15) is 19.0 Å². The van der Waals surface area contributed by atoms with Crippen LogP contribution in [0.3, 0.4) is 0 Å². The van der Waals surface area contributed by atoms with Crippen LogP contribution in [0, 0.1) is 0 Å². The molecule has 0 rings (SSSR count). The molecule has 2 atom stereocenters. The molecule has 2 unspecified atom stereocenters. The van der Waals surface area contributed by atoms with E-state index in [4.69, 9.17) is 18.5 Å². The second-order valence-electron chi connectivity index (χ2n) is 22.0. The van der Waals surface area contributed by atoms with Crippen LogP contribution in [0.5, 0.6) is 0 Å². The Morgan fingerprint density at radius 1 is 0.405 bits per heavy atom. The number of rotatable bonds is 57. The Morgan fingerprint density at radius 2 is 0.722 bits per heavy atom. The summed E-state index contributed by atoms with van der Waals surface area (Å²) in [7, 11) is 1.15. The third-order valence-electron chi connectivity index (χ3n) is 13.2. The summed E-state index contributed by atoms with van der Waals surface area (Å²) in [5, 5.41) is 0. The molecule has 0 radical (unpaired) electrons. The van der Waals surface area contributed by atoms with Crippen molar-refractivity contribution in [3.05, 3.63) is 122 Å². The Bertz CT molecular complexity index is 1750. The maximum Gasteiger partial charge on any atom is 0.306 e. The molecule has 0 aliphatic carbocycles. The molecular formula is C69H118NO8P. The summed E-state index contributed by atoms with van der Waals surface area (Å²) in [6, 6.07) is 0. The van der Waals surface area contributed by atoms with E-state index in [2.05, 4.69) is 135 Å². The van der Waals surface area contributed by atoms with Crippen molar-refractivity contribution in [1.29, 1.82) is 0 Å². The van der Waals surface area contributed by atoms with E-state index >= 15 is 0 Å². The molecule has 0 saturated carbocycles. The third-order valence-corrected chi connectivity index (χ3v) is 14.2. The molecule has 0 fully saturated rings. The number of quaternary nitrogens is 1. The molecular weight excluding hydrogens is 1000 g/mol. The number of carbonyl (C=O) groups is 2. The number of esters is 2. The number of ether oxygens (including phenoxy) is 2. The molecule has 0 heterocycles. The summed E-state index contributed by atoms with van der Waals surface area (Å²) in [5.41, 5.74) is 0. The van der Waals surface area contributed by atoms with Crippen molar-refractivity contribution in [3.63, 3.8) is 0 Å². The van der Waals surface area contributed by atoms with Crippen LogP contribution < -0.4 is 4.89 Å². The predicted octanol–water partition coefficient (Wildman–Crippen LogP) is 19.7. The largest absolute Gasteiger partial charge is 0.756 e. The van der Waals surface area contributed by atoms with E-state index in [1.54, 1.807) is 0 Å². The van der Waals surface area contributed by atoms with Crippen molar-refractivity contribution in [2.24, 2.45) is 0 Å². The molecule has 0 aromatic rings. The van der Waals surface area contributed by atoms with E-state index in [1.807, 2.05) is 21.1 Å². The van der Waals surface area contributed by atoms with Crippen LogP contribution in [0.1, 0.15) is 251 Å². The Hall–Kier alpha value is -3.59. The normalized spacial score (nSPS) is 14.1. The quantitative estimate of drug-likeness (QED) is 0.0195. The van der Waals surface area contributed by atoms with Gasteiger partial charge < -0.3 is 27.9 Å². The van der Waals surface area contributed by atoms with Crippen LogP contribution >= 0.6 is 7.82 Å². The number of unbranched alkanes of at least 4 members (excludes halogenated alkanes) is 23. The summed E-state index contributed by atoms with van der Waals surface area (Å²) in [6.07, 6.45) is 84.0. The Kier molecular flexibility index (Phi) is 56.4. The van der Waals surface area contributed by atoms with Gasteiger partial charge in [-0.3, -0.25) is 14.2 Å². The number of likely N-dealkylation sites (N-methyl/N-ethyl adjacent to an activating group) is 1. The topological polar surface area (TPSA) is 111 Å². The molecule has 0 aromatic carbocycles. The van der Waals surface area contributed by atoms with Gasteiger partial charge in [0.25, 0.3) is 7.82 Å². The zero-order valence-electron chi connectivity index (χ0n) is 51.3. The van der Waals surface area contributed by atoms with Crippen LogP contribution in [0.2, 0.25) is 0 Å². The maximum absolute atomic E-state index is 12.8. The van der Waals surface area contributed by atoms with Crippen LogP contribution in [0.25, 0.3) is 0 Å². The number of hydrogen-bond donors (Lipinski definition) is 0. The van der Waals surface area contributed by atoms with Gasteiger partial charge in [0.1, 0.15) is 19.8 Å². The van der Waals surface area contributed by atoms with Gasteiger partial charge in [0.15, 0.2) is 6.10 Å². The van der Waals surface area contributed by atoms with Gasteiger partial charge >= 0.3 is 11.9 Å². The van der Waals surface area contributed by atoms with E-state index in [0.717, 1.165) is 109 Å². The van der Waals surface area contributed by atoms with Gasteiger partial charge in [-0.15, -0.1) is 0 Å². The van der Waals surface area contributed by atoms with Crippen molar-refractivity contribution in [2.75, 3.05) is 47.5 Å². The fraction of sp³-hybridized carbons (Fsp3) is 0.681. The fourth-order valence-electron chi connectivity index (χ4n) is 8.39. The number of phosphoric acid groups is 1. The van der Waals surface area contributed by atoms with Gasteiger partial charge in [-0.25, -0.2) is 0 Å². The van der Waals surface area contributed by atoms with Crippen molar-refractivity contribution < 1.29 is 42.1 Å². The maximum atomic E-state index is 12.8. The van der Waals surface area contributed by atoms with Gasteiger partial charge in [-0.1, -0.05) is 270 Å². The summed E-state index contributed by atoms with van der Waals surface area (Å²) in [4.78, 5) is 37.9. The highest BCUT2D eigenvalue weighted by Gasteiger charge is 2.22. The van der Waals surface area contributed by atoms with Crippen LogP contribution in [-0.4, -0.2) is 70.0 Å². The van der Waals surface area contributed by atoms with Crippen LogP contribution in [0.4, 0.5) is 0 Å². The lowest BCUT2D eigenvalue weighted by Crippen LogP contribution is -2.37. The molecule has 0 N–H and O–H groups in total. The first-order valence-electron chi connectivity index (χ1n) is 31.7. The van der Waals surface area contributed by atoms with Crippen molar-refractivity contribution in [3.8, 4) is 0 Å². The van der Waals surface area contributed by atoms with Gasteiger partial charge in [-0.05, 0) is 89.9 Å². The molecule has 0 saturated heterocycles. The zero-order chi connectivity index (χ0) is 57.7. The summed E-state index contributed by atoms with van der Waals surface area (Å²) >= 11 is 0. The van der Waals surface area contributed by atoms with E-state index in [1.165, 1.54) is 109 Å². The lowest BCUT2D eigenvalue weighted by Gasteiger charge is -2.28. The molecule has 0 aliphatic rings. The monoisotopic (exact) mass is 1120 g/mol. The highest BCUT2D eigenvalue weighted by molar-refractivity contribution is 7.45. The minimum atomic E-state index is -4.64. The van der Waals surface area contributed by atoms with Gasteiger partial charge in [0.2, 0.25) is 0 Å². The van der Waals surface area contributed by atoms with E-state index in [-0.39, 0.29) is 32.0 Å². The minimum Gasteiger partial charge on any atom is -0.756 e. The zero-order valence-corrected chi connectivity index (χ0v) is 52.2. The first-order chi connectivity index (χ1) is 38.5. The lowest BCUT2D eigenvalue weighted by molar-refractivity contribution is -0.870. The fourth-order valence-corrected chi connectivity index (χ4v) is 9.12. The van der Waals surface area contributed by atoms with Gasteiger partial charge in [0.05, 0.1) is 27.7 Å². The first kappa shape index (κ1) is 75.4. The molecule has 9 nitrogen and oxygen atoms in total. The standard InChI is InChI=1S/C69H118NO8P/c1-6-8-10-12-14-16-18-20-22-24-25-26-27-28-29-30-31-32-33-34-35-36-37-38-39-40-41-42-43-44-45-46-48-50-52-54-56-58-60-62-69(72)78-67(66-77-79(73,74)76-64-63-70(3,4)5)65-75-68(71)61-59-57-55-53-51-49-47-23-21-19-17-15-13-11-9-7-2/h8,10,14,16,20,22,25-26,28-29,31-32,34-35,37-38,40-41,43-44,67H,6-7,9,11-13,15,17-19,21,23-24,27,30,33,36,39,42,45-66H2,1-5H3/b10-8-,16-14-,22-20-,26-25-,29-28-,32-31-,35-34-,38-37-,41-40-,44-43-. The minimum absolute atomic E-state index is 0.0365. The van der Waals surface area contributed by atoms with Gasteiger partial charge in [-0.2, -0.15) is 0 Å². The Morgan fingerprint density at radius 3 is 1.08 bits per heavy atom. The molecule has 0 aromatic heterocycles. The number of carbonyl (C=O) groups excluding carboxylic acids is 2. The van der Waals surface area contributed by atoms with Crippen LogP contribution in [0.15, 0.2) is 122 Å². The number of phosphoric ester groups is 1. The van der Waals surface area contributed by atoms with Crippen molar-refractivity contribution in [2.45, 2.75) is 258 Å². The molecule has 0 amide bonds. The van der Waals surface area contributed by atoms with E-state index < -0.39 is 26.5 Å². The Balaban J connectivity index is 4.12. The SMILES string of the molecule is CC/C=C\C/C=C\C/C=C\C/C=C\C/C=C\C/C=C\C/C=C\C/C=C\C/C=C\C/C=C\CCCCCCCCCCC(=O)OC(COC(=O)CCCCCCCCCCCCCCCCCC)COP(=O)([O-])OCC[N+](C)(C)C. The molecule has 0 aliphatic heterocycles. The van der Waals surface area contributed by atoms with E-state index in [0.29, 0.717) is 17.4 Å². The smallest absolute Gasteiger partial charge is 0.306 e. The molecule has 0 spiro atoms. The molecule has 10 heteroatoms. The summed E-state index contributed by atoms with van der Waals surface area (Å²) in [5.74, 6) is -0.842. The second kappa shape index (κ2) is 59.0. The van der Waals surface area contributed by atoms with Gasteiger partial charge in [0, 0.05) is 12.8 Å². The molecule has 79 heavy (non-hydrogen) atoms. The highest BCUT2D eigenvalue weighted by Crippen LogP contribution is 2.38. The number of nitrogens with zero attached hydrogens (tertiary/aromatic N) is 1. The van der Waals surface area contributed by atoms with Crippen molar-refractivity contribution >= 4 is 19.8 Å². The first-order valence-corrected chi connectivity index (χ1v) is 33.2. The average molecular weight is 1120 g/mol. The molecule has 0 bridgehead atoms. The number of allylic oxidation sites excluding steroid dienone is 20. The molecule has 452 valence electrons. The Labute approximate surface area is 486 Å². The second-order valence-corrected chi connectivity index (χ2v) is 23.5. The van der Waals surface area contributed by atoms with Crippen molar-refractivity contribution in [1.82, 2.24) is 0 Å². The lowest BCUT2D eigenvalue weighted by atomic mass is 10.0. The highest BCUT2D eigenvalue weighted by atomic mass is 31.2.